The normalized spacial score (nSPS) is 15.6. The van der Waals surface area contributed by atoms with Crippen molar-refractivity contribution < 1.29 is 5.11 Å². The van der Waals surface area contributed by atoms with Gasteiger partial charge in [-0.15, -0.1) is 11.3 Å². The number of nitrogens with one attached hydrogen (secondary N) is 2. The molecule has 0 aliphatic carbocycles. The lowest BCUT2D eigenvalue weighted by molar-refractivity contribution is 0.203. The van der Waals surface area contributed by atoms with Gasteiger partial charge in [-0.25, -0.2) is 9.98 Å². The maximum Gasteiger partial charge on any atom is 0.191 e. The summed E-state index contributed by atoms with van der Waals surface area (Å²) in [5.41, 5.74) is 3.55. The lowest BCUT2D eigenvalue weighted by atomic mass is 9.97. The topological polar surface area (TPSA) is 72.8 Å². The van der Waals surface area contributed by atoms with Gasteiger partial charge in [0, 0.05) is 36.8 Å². The largest absolute Gasteiger partial charge is 0.396 e. The number of rotatable bonds is 7. The van der Waals surface area contributed by atoms with Gasteiger partial charge < -0.3 is 20.6 Å². The number of hydrogen-bond acceptors (Lipinski definition) is 5. The standard InChI is InChI=1S/C22H33N5OS/c1-4-23-22(25-14-21-16(2)26-17(3)29-21)24-13-18-5-7-20(8-6-18)27-11-9-19(15-28)10-12-27/h5-8,19,28H,4,9-15H2,1-3H3,(H2,23,24,25). The van der Waals surface area contributed by atoms with E-state index in [-0.39, 0.29) is 0 Å². The van der Waals surface area contributed by atoms with Crippen LogP contribution in [-0.4, -0.2) is 42.3 Å². The molecule has 0 bridgehead atoms. The van der Waals surface area contributed by atoms with Crippen LogP contribution in [-0.2, 0) is 13.1 Å². The molecule has 0 amide bonds. The van der Waals surface area contributed by atoms with Crippen LogP contribution < -0.4 is 15.5 Å². The van der Waals surface area contributed by atoms with Crippen LogP contribution in [0.4, 0.5) is 5.69 Å². The Kier molecular flexibility index (Phi) is 7.89. The predicted octanol–water partition coefficient (Wildman–Crippen LogP) is 3.22. The Balaban J connectivity index is 1.55. The Morgan fingerprint density at radius 3 is 2.52 bits per heavy atom. The second-order valence-corrected chi connectivity index (χ2v) is 8.86. The average Bonchev–Trinajstić information content (AvgIpc) is 3.07. The first-order valence-corrected chi connectivity index (χ1v) is 11.3. The fraction of sp³-hybridized carbons (Fsp3) is 0.545. The number of guanidine groups is 1. The first-order chi connectivity index (χ1) is 14.1. The van der Waals surface area contributed by atoms with Gasteiger partial charge in [-0.2, -0.15) is 0 Å². The van der Waals surface area contributed by atoms with Crippen LogP contribution in [0.15, 0.2) is 29.3 Å². The van der Waals surface area contributed by atoms with Crippen molar-refractivity contribution >= 4 is 23.0 Å². The van der Waals surface area contributed by atoms with Gasteiger partial charge in [0.05, 0.1) is 23.8 Å². The molecule has 1 fully saturated rings. The summed E-state index contributed by atoms with van der Waals surface area (Å²) >= 11 is 1.73. The van der Waals surface area contributed by atoms with Crippen molar-refractivity contribution in [3.8, 4) is 0 Å². The number of aliphatic hydroxyl groups is 1. The number of aryl methyl sites for hydroxylation is 2. The molecule has 1 aromatic carbocycles. The molecule has 158 valence electrons. The molecule has 6 nitrogen and oxygen atoms in total. The number of benzene rings is 1. The Hall–Kier alpha value is -2.12. The van der Waals surface area contributed by atoms with Gasteiger partial charge in [-0.05, 0) is 57.2 Å². The molecule has 1 aromatic heterocycles. The number of anilines is 1. The number of piperidine rings is 1. The van der Waals surface area contributed by atoms with E-state index in [0.717, 1.165) is 55.7 Å². The van der Waals surface area contributed by atoms with E-state index < -0.39 is 0 Å². The summed E-state index contributed by atoms with van der Waals surface area (Å²) in [6.45, 7) is 10.7. The highest BCUT2D eigenvalue weighted by Gasteiger charge is 2.18. The minimum Gasteiger partial charge on any atom is -0.396 e. The number of hydrogen-bond donors (Lipinski definition) is 3. The van der Waals surface area contributed by atoms with Gasteiger partial charge >= 0.3 is 0 Å². The van der Waals surface area contributed by atoms with E-state index in [4.69, 9.17) is 4.99 Å². The van der Waals surface area contributed by atoms with E-state index in [0.29, 0.717) is 19.1 Å². The van der Waals surface area contributed by atoms with Crippen LogP contribution in [0.1, 0.15) is 40.9 Å². The Bertz CT molecular complexity index is 794. The molecule has 1 aliphatic heterocycles. The highest BCUT2D eigenvalue weighted by atomic mass is 32.1. The van der Waals surface area contributed by atoms with E-state index in [9.17, 15) is 5.11 Å². The maximum absolute atomic E-state index is 9.30. The van der Waals surface area contributed by atoms with Crippen LogP contribution in [0, 0.1) is 19.8 Å². The molecule has 2 heterocycles. The maximum atomic E-state index is 9.30. The van der Waals surface area contributed by atoms with E-state index >= 15 is 0 Å². The molecule has 0 atom stereocenters. The fourth-order valence-corrected chi connectivity index (χ4v) is 4.48. The molecule has 2 aromatic rings. The number of aliphatic hydroxyl groups excluding tert-OH is 1. The first kappa shape index (κ1) is 21.6. The molecular weight excluding hydrogens is 382 g/mol. The number of thiazole rings is 1. The third kappa shape index (κ3) is 6.18. The molecule has 0 radical (unpaired) electrons. The van der Waals surface area contributed by atoms with Crippen molar-refractivity contribution in [2.24, 2.45) is 10.9 Å². The summed E-state index contributed by atoms with van der Waals surface area (Å²) in [6, 6.07) is 8.70. The third-order valence-electron chi connectivity index (χ3n) is 5.35. The van der Waals surface area contributed by atoms with E-state index in [1.165, 1.54) is 16.1 Å². The fourth-order valence-electron chi connectivity index (χ4n) is 3.60. The van der Waals surface area contributed by atoms with Crippen molar-refractivity contribution in [2.75, 3.05) is 31.1 Å². The molecule has 3 rings (SSSR count). The average molecular weight is 416 g/mol. The van der Waals surface area contributed by atoms with Crippen molar-refractivity contribution in [1.82, 2.24) is 15.6 Å². The molecule has 0 saturated carbocycles. The van der Waals surface area contributed by atoms with E-state index in [1.807, 2.05) is 6.92 Å². The van der Waals surface area contributed by atoms with Crippen LogP contribution in [0.5, 0.6) is 0 Å². The quantitative estimate of drug-likeness (QED) is 0.478. The number of aromatic nitrogens is 1. The first-order valence-electron chi connectivity index (χ1n) is 10.5. The van der Waals surface area contributed by atoms with Crippen LogP contribution in [0.2, 0.25) is 0 Å². The van der Waals surface area contributed by atoms with Crippen LogP contribution in [0.25, 0.3) is 0 Å². The molecular formula is C22H33N5OS. The zero-order valence-corrected chi connectivity index (χ0v) is 18.6. The summed E-state index contributed by atoms with van der Waals surface area (Å²) in [6.07, 6.45) is 2.14. The summed E-state index contributed by atoms with van der Waals surface area (Å²) in [4.78, 5) is 12.9. The van der Waals surface area contributed by atoms with Gasteiger partial charge in [0.15, 0.2) is 5.96 Å². The van der Waals surface area contributed by atoms with Gasteiger partial charge in [-0.1, -0.05) is 12.1 Å². The second kappa shape index (κ2) is 10.6. The van der Waals surface area contributed by atoms with Crippen molar-refractivity contribution in [3.05, 3.63) is 45.4 Å². The molecule has 0 spiro atoms. The Morgan fingerprint density at radius 2 is 1.93 bits per heavy atom. The Morgan fingerprint density at radius 1 is 1.21 bits per heavy atom. The van der Waals surface area contributed by atoms with E-state index in [1.54, 1.807) is 11.3 Å². The zero-order chi connectivity index (χ0) is 20.6. The van der Waals surface area contributed by atoms with Crippen molar-refractivity contribution in [3.63, 3.8) is 0 Å². The Labute approximate surface area is 178 Å². The monoisotopic (exact) mass is 415 g/mol. The molecule has 29 heavy (non-hydrogen) atoms. The highest BCUT2D eigenvalue weighted by Crippen LogP contribution is 2.23. The minimum atomic E-state index is 0.315. The molecule has 1 saturated heterocycles. The van der Waals surface area contributed by atoms with Gasteiger partial charge in [0.25, 0.3) is 0 Å². The highest BCUT2D eigenvalue weighted by molar-refractivity contribution is 7.11. The van der Waals surface area contributed by atoms with Crippen molar-refractivity contribution in [1.29, 1.82) is 0 Å². The summed E-state index contributed by atoms with van der Waals surface area (Å²) in [7, 11) is 0. The molecule has 0 unspecified atom stereocenters. The summed E-state index contributed by atoms with van der Waals surface area (Å²) in [5, 5.41) is 17.1. The predicted molar refractivity (Wildman–Crippen MR) is 122 cm³/mol. The smallest absolute Gasteiger partial charge is 0.191 e. The number of nitrogens with zero attached hydrogens (tertiary/aromatic N) is 3. The summed E-state index contributed by atoms with van der Waals surface area (Å²) < 4.78 is 0. The number of aliphatic imine (C=N–C) groups is 1. The summed E-state index contributed by atoms with van der Waals surface area (Å²) in [5.74, 6) is 1.29. The minimum absolute atomic E-state index is 0.315. The molecule has 3 N–H and O–H groups in total. The molecule has 1 aliphatic rings. The second-order valence-electron chi connectivity index (χ2n) is 7.57. The SMILES string of the molecule is CCNC(=NCc1ccc(N2CCC(CO)CC2)cc1)NCc1sc(C)nc1C. The van der Waals surface area contributed by atoms with Gasteiger partial charge in [0.1, 0.15) is 0 Å². The lowest BCUT2D eigenvalue weighted by Gasteiger charge is -2.32. The van der Waals surface area contributed by atoms with Crippen LogP contribution in [0.3, 0.4) is 0 Å². The van der Waals surface area contributed by atoms with Crippen molar-refractivity contribution in [2.45, 2.75) is 46.7 Å². The lowest BCUT2D eigenvalue weighted by Crippen LogP contribution is -2.36. The molecule has 7 heteroatoms. The van der Waals surface area contributed by atoms with Gasteiger partial charge in [0.2, 0.25) is 0 Å². The van der Waals surface area contributed by atoms with Gasteiger partial charge in [-0.3, -0.25) is 0 Å². The van der Waals surface area contributed by atoms with E-state index in [2.05, 4.69) is 58.6 Å². The van der Waals surface area contributed by atoms with Crippen LogP contribution >= 0.6 is 11.3 Å². The zero-order valence-electron chi connectivity index (χ0n) is 17.7. The third-order valence-corrected chi connectivity index (χ3v) is 6.43.